The second-order valence-electron chi connectivity index (χ2n) is 4.89. The normalized spacial score (nSPS) is 11.9. The lowest BCUT2D eigenvalue weighted by molar-refractivity contribution is -0.130. The molecule has 2 aromatic rings. The Kier molecular flexibility index (Phi) is 4.43. The van der Waals surface area contributed by atoms with Crippen LogP contribution in [-0.2, 0) is 11.2 Å². The fourth-order valence-electron chi connectivity index (χ4n) is 1.88. The molecule has 6 heteroatoms. The summed E-state index contributed by atoms with van der Waals surface area (Å²) < 4.78 is 10.7. The Hall–Kier alpha value is -2.55. The van der Waals surface area contributed by atoms with Gasteiger partial charge in [-0.2, -0.15) is 5.26 Å². The number of oxazole rings is 1. The molecule has 110 valence electrons. The number of rotatable bonds is 5. The number of nitrogens with zero attached hydrogens (tertiary/aromatic N) is 3. The van der Waals surface area contributed by atoms with Crippen LogP contribution < -0.4 is 0 Å². The topological polar surface area (TPSA) is 83.3 Å². The molecule has 0 saturated carbocycles. The molecule has 2 aromatic heterocycles. The van der Waals surface area contributed by atoms with E-state index in [-0.39, 0.29) is 18.4 Å². The van der Waals surface area contributed by atoms with E-state index in [0.717, 1.165) is 0 Å². The third-order valence-corrected chi connectivity index (χ3v) is 3.38. The van der Waals surface area contributed by atoms with Crippen LogP contribution in [0.2, 0.25) is 0 Å². The van der Waals surface area contributed by atoms with E-state index in [4.69, 9.17) is 14.1 Å². The highest BCUT2D eigenvalue weighted by Gasteiger charge is 2.20. The highest BCUT2D eigenvalue weighted by atomic mass is 16.4. The molecule has 0 aromatic carbocycles. The minimum Gasteiger partial charge on any atom is -0.459 e. The van der Waals surface area contributed by atoms with Crippen molar-refractivity contribution in [2.24, 2.45) is 0 Å². The number of amides is 1. The molecule has 6 nitrogen and oxygen atoms in total. The fraction of sp³-hybridized carbons (Fsp3) is 0.400. The summed E-state index contributed by atoms with van der Waals surface area (Å²) in [6.45, 7) is 3.60. The van der Waals surface area contributed by atoms with Gasteiger partial charge in [0.05, 0.1) is 30.9 Å². The maximum atomic E-state index is 12.2. The molecule has 1 unspecified atom stereocenters. The molecule has 0 radical (unpaired) electrons. The maximum absolute atomic E-state index is 12.2. The van der Waals surface area contributed by atoms with Crippen molar-refractivity contribution < 1.29 is 13.6 Å². The lowest BCUT2D eigenvalue weighted by Crippen LogP contribution is -2.36. The fourth-order valence-corrected chi connectivity index (χ4v) is 1.88. The van der Waals surface area contributed by atoms with Gasteiger partial charge < -0.3 is 13.7 Å². The van der Waals surface area contributed by atoms with Crippen LogP contribution in [0.25, 0.3) is 11.7 Å². The zero-order chi connectivity index (χ0) is 15.4. The first-order chi connectivity index (χ1) is 10.0. The van der Waals surface area contributed by atoms with Gasteiger partial charge in [0, 0.05) is 13.1 Å². The van der Waals surface area contributed by atoms with Gasteiger partial charge in [-0.05, 0) is 26.0 Å². The van der Waals surface area contributed by atoms with E-state index in [9.17, 15) is 4.79 Å². The molecule has 1 atom stereocenters. The minimum atomic E-state index is -0.126. The van der Waals surface area contributed by atoms with Crippen molar-refractivity contribution in [2.45, 2.75) is 32.7 Å². The Balaban J connectivity index is 2.10. The lowest BCUT2D eigenvalue weighted by Gasteiger charge is -2.22. The summed E-state index contributed by atoms with van der Waals surface area (Å²) in [5.41, 5.74) is 0.586. The van der Waals surface area contributed by atoms with Gasteiger partial charge in [0.1, 0.15) is 5.76 Å². The van der Waals surface area contributed by atoms with Crippen LogP contribution in [0.1, 0.15) is 24.8 Å². The quantitative estimate of drug-likeness (QED) is 0.843. The number of nitriles is 1. The number of furan rings is 1. The van der Waals surface area contributed by atoms with Crippen molar-refractivity contribution in [1.82, 2.24) is 9.88 Å². The molecule has 1 amide bonds. The summed E-state index contributed by atoms with van der Waals surface area (Å²) in [4.78, 5) is 18.1. The molecule has 21 heavy (non-hydrogen) atoms. The number of carbonyl (C=O) groups excluding carboxylic acids is 1. The predicted molar refractivity (Wildman–Crippen MR) is 75.1 cm³/mol. The second kappa shape index (κ2) is 6.27. The average molecular weight is 287 g/mol. The van der Waals surface area contributed by atoms with Crippen molar-refractivity contribution in [3.63, 3.8) is 0 Å². The average Bonchev–Trinajstić information content (AvgIpc) is 3.08. The number of carbonyl (C=O) groups is 1. The molecular weight excluding hydrogens is 270 g/mol. The SMILES string of the molecule is Cc1oc(-c2ccco2)nc1CC(=O)N(C)C(C)CC#N. The first kappa shape index (κ1) is 14.9. The van der Waals surface area contributed by atoms with Crippen LogP contribution in [0.4, 0.5) is 0 Å². The summed E-state index contributed by atoms with van der Waals surface area (Å²) in [6, 6.07) is 5.43. The summed E-state index contributed by atoms with van der Waals surface area (Å²) in [6.07, 6.45) is 1.98. The van der Waals surface area contributed by atoms with Crippen LogP contribution in [0.5, 0.6) is 0 Å². The monoisotopic (exact) mass is 287 g/mol. The molecule has 2 rings (SSSR count). The second-order valence-corrected chi connectivity index (χ2v) is 4.89. The molecule has 0 N–H and O–H groups in total. The van der Waals surface area contributed by atoms with E-state index < -0.39 is 0 Å². The standard InChI is InChI=1S/C15H17N3O3/c1-10(6-7-16)18(3)14(19)9-12-11(2)21-15(17-12)13-5-4-8-20-13/h4-5,8,10H,6,9H2,1-3H3. The van der Waals surface area contributed by atoms with Crippen molar-refractivity contribution >= 4 is 5.91 Å². The number of aromatic nitrogens is 1. The van der Waals surface area contributed by atoms with E-state index in [0.29, 0.717) is 29.5 Å². The smallest absolute Gasteiger partial charge is 0.263 e. The summed E-state index contributed by atoms with van der Waals surface area (Å²) in [5, 5.41) is 8.68. The summed E-state index contributed by atoms with van der Waals surface area (Å²) >= 11 is 0. The molecule has 0 aliphatic rings. The van der Waals surface area contributed by atoms with Crippen LogP contribution >= 0.6 is 0 Å². The van der Waals surface area contributed by atoms with Gasteiger partial charge in [-0.25, -0.2) is 4.98 Å². The first-order valence-corrected chi connectivity index (χ1v) is 6.65. The van der Waals surface area contributed by atoms with E-state index in [1.54, 1.807) is 31.0 Å². The molecular formula is C15H17N3O3. The van der Waals surface area contributed by atoms with Gasteiger partial charge >= 0.3 is 0 Å². The molecule has 0 aliphatic heterocycles. The zero-order valence-corrected chi connectivity index (χ0v) is 12.3. The molecule has 0 aliphatic carbocycles. The van der Waals surface area contributed by atoms with Crippen LogP contribution in [-0.4, -0.2) is 28.9 Å². The van der Waals surface area contributed by atoms with Crippen LogP contribution in [0.3, 0.4) is 0 Å². The van der Waals surface area contributed by atoms with Gasteiger partial charge in [0.2, 0.25) is 5.91 Å². The molecule has 0 saturated heterocycles. The molecule has 0 fully saturated rings. The summed E-state index contributed by atoms with van der Waals surface area (Å²) in [5.74, 6) is 1.40. The van der Waals surface area contributed by atoms with E-state index in [1.807, 2.05) is 6.92 Å². The zero-order valence-electron chi connectivity index (χ0n) is 12.3. The predicted octanol–water partition coefficient (Wildman–Crippen LogP) is 2.55. The summed E-state index contributed by atoms with van der Waals surface area (Å²) in [7, 11) is 1.69. The van der Waals surface area contributed by atoms with E-state index in [2.05, 4.69) is 11.1 Å². The van der Waals surface area contributed by atoms with Crippen molar-refractivity contribution in [3.05, 3.63) is 29.9 Å². The van der Waals surface area contributed by atoms with Crippen molar-refractivity contribution in [2.75, 3.05) is 7.05 Å². The molecule has 0 spiro atoms. The van der Waals surface area contributed by atoms with Gasteiger partial charge in [-0.1, -0.05) is 0 Å². The van der Waals surface area contributed by atoms with Gasteiger partial charge in [0.25, 0.3) is 5.89 Å². The largest absolute Gasteiger partial charge is 0.459 e. The van der Waals surface area contributed by atoms with Crippen molar-refractivity contribution in [3.8, 4) is 17.7 Å². The third-order valence-electron chi connectivity index (χ3n) is 3.38. The van der Waals surface area contributed by atoms with Gasteiger partial charge in [-0.3, -0.25) is 4.79 Å². The first-order valence-electron chi connectivity index (χ1n) is 6.65. The minimum absolute atomic E-state index is 0.0971. The number of likely N-dealkylation sites (N-methyl/N-ethyl adjacent to an activating group) is 1. The number of aryl methyl sites for hydroxylation is 1. The van der Waals surface area contributed by atoms with Gasteiger partial charge in [-0.15, -0.1) is 0 Å². The number of hydrogen-bond donors (Lipinski definition) is 0. The van der Waals surface area contributed by atoms with Crippen LogP contribution in [0, 0.1) is 18.3 Å². The lowest BCUT2D eigenvalue weighted by atomic mass is 10.2. The number of hydrogen-bond acceptors (Lipinski definition) is 5. The Morgan fingerprint density at radius 1 is 1.57 bits per heavy atom. The highest BCUT2D eigenvalue weighted by Crippen LogP contribution is 2.22. The Labute approximate surface area is 123 Å². The molecule has 2 heterocycles. The van der Waals surface area contributed by atoms with Crippen LogP contribution in [0.15, 0.2) is 27.2 Å². The maximum Gasteiger partial charge on any atom is 0.263 e. The highest BCUT2D eigenvalue weighted by molar-refractivity contribution is 5.78. The van der Waals surface area contributed by atoms with Crippen molar-refractivity contribution in [1.29, 1.82) is 5.26 Å². The van der Waals surface area contributed by atoms with Gasteiger partial charge in [0.15, 0.2) is 5.76 Å². The third kappa shape index (κ3) is 3.31. The van der Waals surface area contributed by atoms with E-state index >= 15 is 0 Å². The Morgan fingerprint density at radius 3 is 2.95 bits per heavy atom. The molecule has 0 bridgehead atoms. The Morgan fingerprint density at radius 2 is 2.33 bits per heavy atom. The van der Waals surface area contributed by atoms with E-state index in [1.165, 1.54) is 6.26 Å². The Bertz CT molecular complexity index is 652.